The van der Waals surface area contributed by atoms with Crippen molar-refractivity contribution in [3.63, 3.8) is 0 Å². The van der Waals surface area contributed by atoms with Crippen molar-refractivity contribution < 1.29 is 10.0 Å². The SMILES string of the molecule is Cc1nn(C)c(SC[C@H](O)c2ccccc2)c1[N+](=O)[O-]. The number of aryl methyl sites for hydroxylation is 2. The second-order valence-electron chi connectivity index (χ2n) is 4.36. The molecule has 0 saturated carbocycles. The Balaban J connectivity index is 2.14. The number of thioether (sulfide) groups is 1. The summed E-state index contributed by atoms with van der Waals surface area (Å²) >= 11 is 1.23. The second kappa shape index (κ2) is 6.06. The third-order valence-electron chi connectivity index (χ3n) is 2.88. The third kappa shape index (κ3) is 3.00. The number of aliphatic hydroxyl groups is 1. The number of nitro groups is 1. The van der Waals surface area contributed by atoms with Gasteiger partial charge in [0.05, 0.1) is 11.0 Å². The van der Waals surface area contributed by atoms with Gasteiger partial charge in [0.15, 0.2) is 5.03 Å². The van der Waals surface area contributed by atoms with Gasteiger partial charge in [0.1, 0.15) is 5.69 Å². The van der Waals surface area contributed by atoms with Gasteiger partial charge in [0.25, 0.3) is 0 Å². The molecule has 0 aliphatic rings. The molecule has 0 aliphatic heterocycles. The molecule has 6 nitrogen and oxygen atoms in total. The summed E-state index contributed by atoms with van der Waals surface area (Å²) in [6, 6.07) is 9.22. The summed E-state index contributed by atoms with van der Waals surface area (Å²) in [5.74, 6) is 0.337. The van der Waals surface area contributed by atoms with Gasteiger partial charge in [-0.15, -0.1) is 0 Å². The highest BCUT2D eigenvalue weighted by Gasteiger charge is 2.25. The number of aliphatic hydroxyl groups excluding tert-OH is 1. The van der Waals surface area contributed by atoms with Crippen LogP contribution in [0.3, 0.4) is 0 Å². The third-order valence-corrected chi connectivity index (χ3v) is 4.10. The van der Waals surface area contributed by atoms with Crippen molar-refractivity contribution in [3.8, 4) is 0 Å². The molecular formula is C13H15N3O3S. The van der Waals surface area contributed by atoms with Gasteiger partial charge in [0.2, 0.25) is 0 Å². The fraction of sp³-hybridized carbons (Fsp3) is 0.308. The number of rotatable bonds is 5. The van der Waals surface area contributed by atoms with Crippen LogP contribution < -0.4 is 0 Å². The van der Waals surface area contributed by atoms with Crippen molar-refractivity contribution in [2.75, 3.05) is 5.75 Å². The summed E-state index contributed by atoms with van der Waals surface area (Å²) in [4.78, 5) is 10.6. The molecule has 106 valence electrons. The highest BCUT2D eigenvalue weighted by atomic mass is 32.2. The van der Waals surface area contributed by atoms with E-state index in [0.29, 0.717) is 16.5 Å². The van der Waals surface area contributed by atoms with E-state index in [0.717, 1.165) is 5.56 Å². The lowest BCUT2D eigenvalue weighted by Gasteiger charge is -2.10. The summed E-state index contributed by atoms with van der Waals surface area (Å²) in [6.07, 6.45) is -0.670. The van der Waals surface area contributed by atoms with E-state index in [2.05, 4.69) is 5.10 Å². The van der Waals surface area contributed by atoms with Crippen molar-refractivity contribution in [2.24, 2.45) is 7.05 Å². The molecule has 0 spiro atoms. The Morgan fingerprint density at radius 1 is 1.45 bits per heavy atom. The number of aromatic nitrogens is 2. The highest BCUT2D eigenvalue weighted by molar-refractivity contribution is 7.99. The molecule has 2 rings (SSSR count). The first-order valence-corrected chi connectivity index (χ1v) is 7.03. The van der Waals surface area contributed by atoms with Crippen molar-refractivity contribution >= 4 is 17.4 Å². The Morgan fingerprint density at radius 3 is 2.70 bits per heavy atom. The fourth-order valence-corrected chi connectivity index (χ4v) is 3.02. The molecule has 1 heterocycles. The zero-order chi connectivity index (χ0) is 14.7. The maximum atomic E-state index is 11.0. The van der Waals surface area contributed by atoms with Gasteiger partial charge in [-0.05, 0) is 12.5 Å². The van der Waals surface area contributed by atoms with Crippen LogP contribution in [-0.4, -0.2) is 25.6 Å². The number of hydrogen-bond acceptors (Lipinski definition) is 5. The monoisotopic (exact) mass is 293 g/mol. The molecular weight excluding hydrogens is 278 g/mol. The minimum Gasteiger partial charge on any atom is -0.388 e. The largest absolute Gasteiger partial charge is 0.388 e. The van der Waals surface area contributed by atoms with Gasteiger partial charge in [-0.3, -0.25) is 14.8 Å². The van der Waals surface area contributed by atoms with Crippen LogP contribution in [0.15, 0.2) is 35.4 Å². The van der Waals surface area contributed by atoms with Crippen LogP contribution in [0.5, 0.6) is 0 Å². The van der Waals surface area contributed by atoms with Crippen LogP contribution in [0.2, 0.25) is 0 Å². The van der Waals surface area contributed by atoms with E-state index in [9.17, 15) is 15.2 Å². The summed E-state index contributed by atoms with van der Waals surface area (Å²) in [5, 5.41) is 25.7. The normalized spacial score (nSPS) is 12.3. The first-order chi connectivity index (χ1) is 9.50. The molecule has 0 saturated heterocycles. The van der Waals surface area contributed by atoms with E-state index < -0.39 is 11.0 Å². The number of hydrogen-bond donors (Lipinski definition) is 1. The zero-order valence-corrected chi connectivity index (χ0v) is 12.0. The lowest BCUT2D eigenvalue weighted by atomic mass is 10.1. The van der Waals surface area contributed by atoms with E-state index in [1.54, 1.807) is 14.0 Å². The number of benzene rings is 1. The van der Waals surface area contributed by atoms with Crippen molar-refractivity contribution in [3.05, 3.63) is 51.7 Å². The maximum absolute atomic E-state index is 11.0. The topological polar surface area (TPSA) is 81.2 Å². The molecule has 0 unspecified atom stereocenters. The maximum Gasteiger partial charge on any atom is 0.323 e. The van der Waals surface area contributed by atoms with Crippen LogP contribution in [0.1, 0.15) is 17.4 Å². The minimum atomic E-state index is -0.670. The predicted octanol–water partition coefficient (Wildman–Crippen LogP) is 2.46. The average Bonchev–Trinajstić information content (AvgIpc) is 2.71. The van der Waals surface area contributed by atoms with Gasteiger partial charge < -0.3 is 5.11 Å². The Bertz CT molecular complexity index is 613. The van der Waals surface area contributed by atoms with E-state index >= 15 is 0 Å². The Labute approximate surface area is 120 Å². The molecule has 1 aromatic carbocycles. The van der Waals surface area contributed by atoms with Crippen LogP contribution >= 0.6 is 11.8 Å². The van der Waals surface area contributed by atoms with Crippen molar-refractivity contribution in [2.45, 2.75) is 18.1 Å². The first kappa shape index (κ1) is 14.5. The van der Waals surface area contributed by atoms with E-state index in [-0.39, 0.29) is 5.69 Å². The molecule has 1 N–H and O–H groups in total. The van der Waals surface area contributed by atoms with E-state index in [1.165, 1.54) is 16.4 Å². The summed E-state index contributed by atoms with van der Waals surface area (Å²) in [6.45, 7) is 1.61. The summed E-state index contributed by atoms with van der Waals surface area (Å²) in [7, 11) is 1.66. The first-order valence-electron chi connectivity index (χ1n) is 6.04. The smallest absolute Gasteiger partial charge is 0.323 e. The molecule has 0 fully saturated rings. The molecule has 7 heteroatoms. The molecule has 0 radical (unpaired) electrons. The lowest BCUT2D eigenvalue weighted by molar-refractivity contribution is -0.388. The quantitative estimate of drug-likeness (QED) is 0.520. The summed E-state index contributed by atoms with van der Waals surface area (Å²) < 4.78 is 1.48. The number of nitrogens with zero attached hydrogens (tertiary/aromatic N) is 3. The molecule has 2 aromatic rings. The standard InChI is InChI=1S/C13H15N3O3S/c1-9-12(16(18)19)13(15(2)14-9)20-8-11(17)10-6-4-3-5-7-10/h3-7,11,17H,8H2,1-2H3/t11-/m0/s1. The molecule has 1 aromatic heterocycles. The summed E-state index contributed by atoms with van der Waals surface area (Å²) in [5.41, 5.74) is 1.19. The molecule has 1 atom stereocenters. The Hall–Kier alpha value is -1.86. The molecule has 0 bridgehead atoms. The van der Waals surface area contributed by atoms with Gasteiger partial charge in [-0.2, -0.15) is 5.10 Å². The van der Waals surface area contributed by atoms with Crippen molar-refractivity contribution in [1.29, 1.82) is 0 Å². The second-order valence-corrected chi connectivity index (χ2v) is 5.37. The molecule has 20 heavy (non-hydrogen) atoms. The minimum absolute atomic E-state index is 0.0118. The molecule has 0 amide bonds. The molecule has 0 aliphatic carbocycles. The van der Waals surface area contributed by atoms with Gasteiger partial charge in [0, 0.05) is 12.8 Å². The van der Waals surface area contributed by atoms with Crippen molar-refractivity contribution in [1.82, 2.24) is 9.78 Å². The van der Waals surface area contributed by atoms with Crippen LogP contribution in [0, 0.1) is 17.0 Å². The van der Waals surface area contributed by atoms with Crippen LogP contribution in [0.25, 0.3) is 0 Å². The zero-order valence-electron chi connectivity index (χ0n) is 11.2. The van der Waals surface area contributed by atoms with Gasteiger partial charge in [-0.1, -0.05) is 42.1 Å². The fourth-order valence-electron chi connectivity index (χ4n) is 1.93. The van der Waals surface area contributed by atoms with E-state index in [1.807, 2.05) is 30.3 Å². The highest BCUT2D eigenvalue weighted by Crippen LogP contribution is 2.33. The average molecular weight is 293 g/mol. The Kier molecular flexibility index (Phi) is 4.41. The van der Waals surface area contributed by atoms with E-state index in [4.69, 9.17) is 0 Å². The Morgan fingerprint density at radius 2 is 2.10 bits per heavy atom. The lowest BCUT2D eigenvalue weighted by Crippen LogP contribution is -2.02. The predicted molar refractivity (Wildman–Crippen MR) is 76.7 cm³/mol. The van der Waals surface area contributed by atoms with Gasteiger partial charge >= 0.3 is 5.69 Å². The van der Waals surface area contributed by atoms with Crippen LogP contribution in [0.4, 0.5) is 5.69 Å². The van der Waals surface area contributed by atoms with Crippen LogP contribution in [-0.2, 0) is 7.05 Å². The van der Waals surface area contributed by atoms with Gasteiger partial charge in [-0.25, -0.2) is 0 Å².